The Morgan fingerprint density at radius 2 is 1.77 bits per heavy atom. The molecule has 5 heteroatoms. The molecule has 1 aromatic heterocycles. The van der Waals surface area contributed by atoms with Crippen molar-refractivity contribution in [1.29, 1.82) is 0 Å². The fraction of sp³-hybridized carbons (Fsp3) is 0.353. The van der Waals surface area contributed by atoms with Crippen molar-refractivity contribution in [1.82, 2.24) is 15.5 Å². The van der Waals surface area contributed by atoms with Crippen molar-refractivity contribution in [3.05, 3.63) is 53.7 Å². The lowest BCUT2D eigenvalue weighted by Gasteiger charge is -2.14. The molecule has 0 spiro atoms. The van der Waals surface area contributed by atoms with Gasteiger partial charge in [0.25, 0.3) is 5.91 Å². The number of nitrogens with one attached hydrogen (secondary N) is 2. The van der Waals surface area contributed by atoms with Gasteiger partial charge in [-0.15, -0.1) is 10.2 Å². The second kappa shape index (κ2) is 7.54. The molecule has 0 saturated heterocycles. The number of hydrogen-bond donors (Lipinski definition) is 2. The highest BCUT2D eigenvalue weighted by molar-refractivity contribution is 5.92. The molecule has 2 rings (SSSR count). The first kappa shape index (κ1) is 15.9. The van der Waals surface area contributed by atoms with Crippen molar-refractivity contribution in [2.45, 2.75) is 26.8 Å². The molecule has 0 bridgehead atoms. The van der Waals surface area contributed by atoms with Crippen LogP contribution in [0.1, 0.15) is 42.9 Å². The van der Waals surface area contributed by atoms with E-state index in [4.69, 9.17) is 0 Å². The predicted molar refractivity (Wildman–Crippen MR) is 87.7 cm³/mol. The number of nitrogens with zero attached hydrogens (tertiary/aromatic N) is 2. The summed E-state index contributed by atoms with van der Waals surface area (Å²) in [6, 6.07) is 13.2. The highest BCUT2D eigenvalue weighted by Gasteiger charge is 2.12. The lowest BCUT2D eigenvalue weighted by atomic mass is 10.1. The van der Waals surface area contributed by atoms with Crippen LogP contribution in [-0.4, -0.2) is 22.6 Å². The van der Waals surface area contributed by atoms with Crippen molar-refractivity contribution in [2.75, 3.05) is 11.9 Å². The predicted octanol–water partition coefficient (Wildman–Crippen LogP) is 3.04. The average molecular weight is 298 g/mol. The molecule has 0 aliphatic carbocycles. The minimum atomic E-state index is -0.223. The van der Waals surface area contributed by atoms with E-state index >= 15 is 0 Å². The average Bonchev–Trinajstić information content (AvgIpc) is 2.54. The van der Waals surface area contributed by atoms with Crippen molar-refractivity contribution >= 4 is 11.7 Å². The Balaban J connectivity index is 1.95. The van der Waals surface area contributed by atoms with E-state index in [-0.39, 0.29) is 11.9 Å². The third-order valence-corrected chi connectivity index (χ3v) is 3.24. The van der Waals surface area contributed by atoms with E-state index in [0.29, 0.717) is 17.4 Å². The number of amides is 1. The summed E-state index contributed by atoms with van der Waals surface area (Å²) in [5.41, 5.74) is 1.37. The number of anilines is 1. The Hall–Kier alpha value is -2.43. The van der Waals surface area contributed by atoms with Gasteiger partial charge in [-0.25, -0.2) is 0 Å². The number of carbonyl (C=O) groups excluding carboxylic acids is 1. The van der Waals surface area contributed by atoms with E-state index in [1.807, 2.05) is 37.3 Å². The Kier molecular flexibility index (Phi) is 5.47. The highest BCUT2D eigenvalue weighted by atomic mass is 16.2. The zero-order valence-electron chi connectivity index (χ0n) is 13.2. The number of carbonyl (C=O) groups is 1. The van der Waals surface area contributed by atoms with E-state index in [1.165, 1.54) is 0 Å². The second-order valence-electron chi connectivity index (χ2n) is 5.68. The summed E-state index contributed by atoms with van der Waals surface area (Å²) < 4.78 is 0. The molecule has 0 aliphatic rings. The molecule has 1 unspecified atom stereocenters. The summed E-state index contributed by atoms with van der Waals surface area (Å²) in [4.78, 5) is 12.2. The van der Waals surface area contributed by atoms with Gasteiger partial charge in [0.15, 0.2) is 5.69 Å². The van der Waals surface area contributed by atoms with Crippen molar-refractivity contribution in [3.8, 4) is 0 Å². The molecule has 1 aromatic carbocycles. The molecule has 1 atom stereocenters. The van der Waals surface area contributed by atoms with Gasteiger partial charge in [-0.2, -0.15) is 0 Å². The molecular weight excluding hydrogens is 276 g/mol. The minimum absolute atomic E-state index is 0.0748. The summed E-state index contributed by atoms with van der Waals surface area (Å²) in [6.45, 7) is 7.00. The molecule has 5 nitrogen and oxygen atoms in total. The molecule has 0 radical (unpaired) electrons. The summed E-state index contributed by atoms with van der Waals surface area (Å²) in [5.74, 6) is 0.983. The van der Waals surface area contributed by atoms with Crippen molar-refractivity contribution in [3.63, 3.8) is 0 Å². The molecule has 2 aromatic rings. The molecule has 1 amide bonds. The highest BCUT2D eigenvalue weighted by Crippen LogP contribution is 2.12. The Labute approximate surface area is 131 Å². The van der Waals surface area contributed by atoms with Crippen LogP contribution in [0.4, 0.5) is 5.82 Å². The van der Waals surface area contributed by atoms with Crippen LogP contribution in [0.5, 0.6) is 0 Å². The first-order valence-electron chi connectivity index (χ1n) is 7.49. The van der Waals surface area contributed by atoms with Crippen LogP contribution in [0.15, 0.2) is 42.5 Å². The lowest BCUT2D eigenvalue weighted by molar-refractivity contribution is 0.0934. The first-order valence-corrected chi connectivity index (χ1v) is 7.49. The topological polar surface area (TPSA) is 66.9 Å². The van der Waals surface area contributed by atoms with Gasteiger partial charge in [-0.3, -0.25) is 4.79 Å². The van der Waals surface area contributed by atoms with Crippen LogP contribution < -0.4 is 10.6 Å². The maximum atomic E-state index is 12.2. The van der Waals surface area contributed by atoms with Gasteiger partial charge >= 0.3 is 0 Å². The van der Waals surface area contributed by atoms with Gasteiger partial charge in [-0.05, 0) is 30.5 Å². The molecule has 22 heavy (non-hydrogen) atoms. The number of benzene rings is 1. The van der Waals surface area contributed by atoms with Gasteiger partial charge in [-0.1, -0.05) is 44.2 Å². The van der Waals surface area contributed by atoms with Crippen LogP contribution in [0, 0.1) is 5.92 Å². The third kappa shape index (κ3) is 4.55. The van der Waals surface area contributed by atoms with Crippen LogP contribution >= 0.6 is 0 Å². The number of rotatable bonds is 6. The van der Waals surface area contributed by atoms with Gasteiger partial charge in [0.1, 0.15) is 5.82 Å². The normalized spacial score (nSPS) is 12.0. The van der Waals surface area contributed by atoms with E-state index in [1.54, 1.807) is 12.1 Å². The maximum Gasteiger partial charge on any atom is 0.272 e. The quantitative estimate of drug-likeness (QED) is 0.860. The van der Waals surface area contributed by atoms with Crippen LogP contribution in [0.2, 0.25) is 0 Å². The number of aromatic nitrogens is 2. The Morgan fingerprint density at radius 3 is 2.36 bits per heavy atom. The van der Waals surface area contributed by atoms with E-state index < -0.39 is 0 Å². The first-order chi connectivity index (χ1) is 10.6. The van der Waals surface area contributed by atoms with Crippen molar-refractivity contribution < 1.29 is 4.79 Å². The Bertz CT molecular complexity index is 596. The monoisotopic (exact) mass is 298 g/mol. The summed E-state index contributed by atoms with van der Waals surface area (Å²) in [5, 5.41) is 14.1. The molecule has 2 N–H and O–H groups in total. The van der Waals surface area contributed by atoms with E-state index in [2.05, 4.69) is 34.7 Å². The Morgan fingerprint density at radius 1 is 1.05 bits per heavy atom. The largest absolute Gasteiger partial charge is 0.368 e. The molecule has 1 heterocycles. The number of hydrogen-bond acceptors (Lipinski definition) is 4. The van der Waals surface area contributed by atoms with Crippen LogP contribution in [0.25, 0.3) is 0 Å². The molecule has 0 saturated carbocycles. The smallest absolute Gasteiger partial charge is 0.272 e. The van der Waals surface area contributed by atoms with Gasteiger partial charge < -0.3 is 10.6 Å². The zero-order valence-corrected chi connectivity index (χ0v) is 13.2. The SMILES string of the molecule is CC(C)CNc1ccc(C(=O)NC(C)c2ccccc2)nn1. The molecule has 0 fully saturated rings. The maximum absolute atomic E-state index is 12.2. The molecular formula is C17H22N4O. The minimum Gasteiger partial charge on any atom is -0.368 e. The summed E-state index contributed by atoms with van der Waals surface area (Å²) in [7, 11) is 0. The van der Waals surface area contributed by atoms with E-state index in [9.17, 15) is 4.79 Å². The van der Waals surface area contributed by atoms with Gasteiger partial charge in [0.2, 0.25) is 0 Å². The standard InChI is InChI=1S/C17H22N4O/c1-12(2)11-18-16-10-9-15(20-21-16)17(22)19-13(3)14-7-5-4-6-8-14/h4-10,12-13H,11H2,1-3H3,(H,18,21)(H,19,22). The zero-order chi connectivity index (χ0) is 15.9. The molecule has 0 aliphatic heterocycles. The van der Waals surface area contributed by atoms with Crippen LogP contribution in [-0.2, 0) is 0 Å². The fourth-order valence-electron chi connectivity index (χ4n) is 1.95. The van der Waals surface area contributed by atoms with Gasteiger partial charge in [0, 0.05) is 6.54 Å². The van der Waals surface area contributed by atoms with Crippen molar-refractivity contribution in [2.24, 2.45) is 5.92 Å². The summed E-state index contributed by atoms with van der Waals surface area (Å²) in [6.07, 6.45) is 0. The molecule has 116 valence electrons. The van der Waals surface area contributed by atoms with Crippen LogP contribution in [0.3, 0.4) is 0 Å². The third-order valence-electron chi connectivity index (χ3n) is 3.24. The second-order valence-corrected chi connectivity index (χ2v) is 5.68. The summed E-state index contributed by atoms with van der Waals surface area (Å²) >= 11 is 0. The fourth-order valence-corrected chi connectivity index (χ4v) is 1.95. The van der Waals surface area contributed by atoms with Gasteiger partial charge in [0.05, 0.1) is 6.04 Å². The lowest BCUT2D eigenvalue weighted by Crippen LogP contribution is -2.27. The van der Waals surface area contributed by atoms with E-state index in [0.717, 1.165) is 12.1 Å².